The van der Waals surface area contributed by atoms with Crippen LogP contribution in [0.3, 0.4) is 0 Å². The molecule has 0 aliphatic rings. The van der Waals surface area contributed by atoms with Crippen LogP contribution < -0.4 is 5.73 Å². The molecule has 2 rings (SSSR count). The molecule has 0 bridgehead atoms. The fraction of sp³-hybridized carbons (Fsp3) is 0.467. The molecule has 0 saturated carbocycles. The maximum absolute atomic E-state index is 9.81. The summed E-state index contributed by atoms with van der Waals surface area (Å²) in [5, 5.41) is 13.8. The predicted molar refractivity (Wildman–Crippen MR) is 77.6 cm³/mol. The molecule has 0 saturated heterocycles. The van der Waals surface area contributed by atoms with E-state index in [0.29, 0.717) is 24.0 Å². The summed E-state index contributed by atoms with van der Waals surface area (Å²) >= 11 is 0. The minimum atomic E-state index is -0.299. The molecule has 0 spiro atoms. The number of aryl methyl sites for hydroxylation is 2. The van der Waals surface area contributed by atoms with E-state index in [9.17, 15) is 5.11 Å². The molecule has 20 heavy (non-hydrogen) atoms. The molecule has 0 aliphatic carbocycles. The molecule has 1 aromatic heterocycles. The van der Waals surface area contributed by atoms with Crippen LogP contribution in [0, 0.1) is 13.8 Å². The first-order chi connectivity index (χ1) is 9.41. The Morgan fingerprint density at radius 2 is 1.90 bits per heavy atom. The Hall–Kier alpha value is -1.88. The Bertz CT molecular complexity index is 592. The monoisotopic (exact) mass is 275 g/mol. The average molecular weight is 275 g/mol. The number of benzene rings is 1. The van der Waals surface area contributed by atoms with Gasteiger partial charge < -0.3 is 15.4 Å². The molecule has 2 aromatic rings. The molecule has 0 radical (unpaired) electrons. The number of aromatic nitrogens is 2. The van der Waals surface area contributed by atoms with E-state index in [1.165, 1.54) is 0 Å². The van der Waals surface area contributed by atoms with Gasteiger partial charge in [-0.1, -0.05) is 12.1 Å². The van der Waals surface area contributed by atoms with Gasteiger partial charge in [0.1, 0.15) is 5.75 Å². The van der Waals surface area contributed by atoms with Crippen molar-refractivity contribution in [2.75, 3.05) is 6.54 Å². The highest BCUT2D eigenvalue weighted by atomic mass is 16.5. The van der Waals surface area contributed by atoms with Crippen LogP contribution in [0.2, 0.25) is 0 Å². The zero-order valence-electron chi connectivity index (χ0n) is 12.4. The van der Waals surface area contributed by atoms with Gasteiger partial charge in [-0.15, -0.1) is 0 Å². The zero-order valence-corrected chi connectivity index (χ0v) is 12.4. The van der Waals surface area contributed by atoms with Gasteiger partial charge in [-0.05, 0) is 50.5 Å². The number of aromatic hydroxyl groups is 1. The van der Waals surface area contributed by atoms with E-state index in [1.54, 1.807) is 0 Å². The first-order valence-corrected chi connectivity index (χ1v) is 6.76. The Morgan fingerprint density at radius 3 is 2.40 bits per heavy atom. The molecular formula is C15H21N3O2. The van der Waals surface area contributed by atoms with Crippen LogP contribution in [0.15, 0.2) is 16.7 Å². The van der Waals surface area contributed by atoms with Crippen molar-refractivity contribution in [2.45, 2.75) is 39.5 Å². The SMILES string of the molecule is CCC(C)(CN)c1nc(-c2cc(C)c(O)c(C)c2)no1. The third-order valence-electron chi connectivity index (χ3n) is 3.92. The number of hydrogen-bond donors (Lipinski definition) is 2. The van der Waals surface area contributed by atoms with Crippen molar-refractivity contribution >= 4 is 0 Å². The zero-order chi connectivity index (χ0) is 14.9. The van der Waals surface area contributed by atoms with Gasteiger partial charge in [-0.3, -0.25) is 0 Å². The largest absolute Gasteiger partial charge is 0.507 e. The van der Waals surface area contributed by atoms with Crippen molar-refractivity contribution in [1.82, 2.24) is 10.1 Å². The van der Waals surface area contributed by atoms with Crippen molar-refractivity contribution in [3.05, 3.63) is 29.2 Å². The van der Waals surface area contributed by atoms with E-state index >= 15 is 0 Å². The molecule has 0 aliphatic heterocycles. The number of nitrogens with zero attached hydrogens (tertiary/aromatic N) is 2. The number of rotatable bonds is 4. The minimum absolute atomic E-state index is 0.299. The minimum Gasteiger partial charge on any atom is -0.507 e. The molecule has 1 atom stereocenters. The average Bonchev–Trinajstić information content (AvgIpc) is 2.93. The van der Waals surface area contributed by atoms with E-state index in [-0.39, 0.29) is 5.41 Å². The molecule has 0 fully saturated rings. The van der Waals surface area contributed by atoms with Crippen LogP contribution in [0.1, 0.15) is 37.3 Å². The summed E-state index contributed by atoms with van der Waals surface area (Å²) in [7, 11) is 0. The van der Waals surface area contributed by atoms with Crippen molar-refractivity contribution in [1.29, 1.82) is 0 Å². The first-order valence-electron chi connectivity index (χ1n) is 6.76. The predicted octanol–water partition coefficient (Wildman–Crippen LogP) is 2.69. The number of phenols is 1. The highest BCUT2D eigenvalue weighted by Crippen LogP contribution is 2.30. The summed E-state index contributed by atoms with van der Waals surface area (Å²) in [4.78, 5) is 4.47. The van der Waals surface area contributed by atoms with Crippen LogP contribution in [0.25, 0.3) is 11.4 Å². The highest BCUT2D eigenvalue weighted by molar-refractivity contribution is 5.60. The van der Waals surface area contributed by atoms with Gasteiger partial charge in [0.05, 0.1) is 5.41 Å². The Morgan fingerprint density at radius 1 is 1.30 bits per heavy atom. The first kappa shape index (κ1) is 14.5. The maximum Gasteiger partial charge on any atom is 0.234 e. The lowest BCUT2D eigenvalue weighted by Gasteiger charge is -2.20. The highest BCUT2D eigenvalue weighted by Gasteiger charge is 2.30. The van der Waals surface area contributed by atoms with Crippen molar-refractivity contribution in [3.63, 3.8) is 0 Å². The van der Waals surface area contributed by atoms with E-state index < -0.39 is 0 Å². The van der Waals surface area contributed by atoms with Crippen LogP contribution in [0.5, 0.6) is 5.75 Å². The molecule has 3 N–H and O–H groups in total. The van der Waals surface area contributed by atoms with Gasteiger partial charge in [0, 0.05) is 12.1 Å². The van der Waals surface area contributed by atoms with E-state index in [4.69, 9.17) is 10.3 Å². The van der Waals surface area contributed by atoms with Gasteiger partial charge in [-0.2, -0.15) is 4.98 Å². The topological polar surface area (TPSA) is 85.2 Å². The quantitative estimate of drug-likeness (QED) is 0.896. The van der Waals surface area contributed by atoms with Gasteiger partial charge in [-0.25, -0.2) is 0 Å². The molecule has 1 heterocycles. The van der Waals surface area contributed by atoms with Gasteiger partial charge in [0.2, 0.25) is 11.7 Å². The molecular weight excluding hydrogens is 254 g/mol. The fourth-order valence-electron chi connectivity index (χ4n) is 2.05. The molecule has 0 amide bonds. The summed E-state index contributed by atoms with van der Waals surface area (Å²) in [6.07, 6.45) is 0.832. The second-order valence-corrected chi connectivity index (χ2v) is 5.50. The van der Waals surface area contributed by atoms with E-state index in [0.717, 1.165) is 23.1 Å². The van der Waals surface area contributed by atoms with Crippen LogP contribution in [-0.4, -0.2) is 21.8 Å². The van der Waals surface area contributed by atoms with Crippen LogP contribution in [0.4, 0.5) is 0 Å². The van der Waals surface area contributed by atoms with Crippen LogP contribution in [-0.2, 0) is 5.41 Å². The Kier molecular flexibility index (Phi) is 3.81. The standard InChI is InChI=1S/C15H21N3O2/c1-5-15(4,8-16)14-17-13(18-20-14)11-6-9(2)12(19)10(3)7-11/h6-7,19H,5,8,16H2,1-4H3. The molecule has 5 heteroatoms. The summed E-state index contributed by atoms with van der Waals surface area (Å²) < 4.78 is 5.37. The number of phenolic OH excluding ortho intramolecular Hbond substituents is 1. The Labute approximate surface area is 118 Å². The molecule has 1 unspecified atom stereocenters. The number of hydrogen-bond acceptors (Lipinski definition) is 5. The van der Waals surface area contributed by atoms with Crippen molar-refractivity contribution < 1.29 is 9.63 Å². The second-order valence-electron chi connectivity index (χ2n) is 5.50. The van der Waals surface area contributed by atoms with E-state index in [2.05, 4.69) is 10.1 Å². The maximum atomic E-state index is 9.81. The van der Waals surface area contributed by atoms with E-state index in [1.807, 2.05) is 39.8 Å². The van der Waals surface area contributed by atoms with Gasteiger partial charge in [0.15, 0.2) is 0 Å². The van der Waals surface area contributed by atoms with Crippen LogP contribution >= 0.6 is 0 Å². The smallest absolute Gasteiger partial charge is 0.234 e. The Balaban J connectivity index is 2.44. The fourth-order valence-corrected chi connectivity index (χ4v) is 2.05. The third kappa shape index (κ3) is 2.41. The lowest BCUT2D eigenvalue weighted by molar-refractivity contribution is 0.291. The summed E-state index contributed by atoms with van der Waals surface area (Å²) in [5.74, 6) is 1.39. The molecule has 5 nitrogen and oxygen atoms in total. The lowest BCUT2D eigenvalue weighted by atomic mass is 9.88. The van der Waals surface area contributed by atoms with Gasteiger partial charge >= 0.3 is 0 Å². The van der Waals surface area contributed by atoms with Gasteiger partial charge in [0.25, 0.3) is 0 Å². The van der Waals surface area contributed by atoms with Crippen molar-refractivity contribution in [3.8, 4) is 17.1 Å². The van der Waals surface area contributed by atoms with Crippen molar-refractivity contribution in [2.24, 2.45) is 5.73 Å². The summed E-state index contributed by atoms with van der Waals surface area (Å²) in [6.45, 7) is 8.22. The summed E-state index contributed by atoms with van der Waals surface area (Å²) in [5.41, 5.74) is 7.93. The number of nitrogens with two attached hydrogens (primary N) is 1. The third-order valence-corrected chi connectivity index (χ3v) is 3.92. The molecule has 1 aromatic carbocycles. The normalized spacial score (nSPS) is 14.2. The second kappa shape index (κ2) is 5.25. The molecule has 108 valence electrons. The lowest BCUT2D eigenvalue weighted by Crippen LogP contribution is -2.31. The summed E-state index contributed by atoms with van der Waals surface area (Å²) in [6, 6.07) is 3.70.